The Morgan fingerprint density at radius 3 is 2.71 bits per heavy atom. The average molecular weight is 214 g/mol. The fourth-order valence-corrected chi connectivity index (χ4v) is 1.44. The second kappa shape index (κ2) is 4.28. The van der Waals surface area contributed by atoms with Gasteiger partial charge in [0.05, 0.1) is 5.75 Å². The molecule has 0 aliphatic carbocycles. The molecule has 0 radical (unpaired) electrons. The Hall–Kier alpha value is -1.30. The number of carboxylic acids is 1. The Kier molecular flexibility index (Phi) is 3.29. The number of aryl methyl sites for hydroxylation is 1. The number of H-pyrrole nitrogens is 1. The minimum Gasteiger partial charge on any atom is -0.481 e. The lowest BCUT2D eigenvalue weighted by molar-refractivity contribution is -0.133. The number of nitrogens with zero attached hydrogens (tertiary/aromatic N) is 1. The molecule has 2 N–H and O–H groups in total. The van der Waals surface area contributed by atoms with E-state index in [0.717, 1.165) is 11.8 Å². The minimum absolute atomic E-state index is 0.106. The molecule has 1 heterocycles. The fourth-order valence-electron chi connectivity index (χ4n) is 0.818. The van der Waals surface area contributed by atoms with Crippen LogP contribution in [0.2, 0.25) is 0 Å². The molecule has 0 atom stereocenters. The van der Waals surface area contributed by atoms with Crippen LogP contribution in [0.1, 0.15) is 11.3 Å². The second-order valence-electron chi connectivity index (χ2n) is 2.76. The van der Waals surface area contributed by atoms with Gasteiger partial charge in [-0.2, -0.15) is 0 Å². The summed E-state index contributed by atoms with van der Waals surface area (Å²) in [6.45, 7) is 3.39. The minimum atomic E-state index is -0.934. The smallest absolute Gasteiger partial charge is 0.313 e. The largest absolute Gasteiger partial charge is 0.481 e. The number of nitrogens with one attached hydrogen (secondary N) is 1. The summed E-state index contributed by atoms with van der Waals surface area (Å²) in [5, 5.41) is 8.78. The molecule has 0 unspecified atom stereocenters. The number of aliphatic carboxylic acids is 1. The number of carboxylic acid groups (broad SMARTS) is 1. The van der Waals surface area contributed by atoms with Crippen molar-refractivity contribution in [2.75, 3.05) is 5.75 Å². The zero-order valence-electron chi connectivity index (χ0n) is 7.83. The second-order valence-corrected chi connectivity index (χ2v) is 3.73. The molecule has 0 spiro atoms. The molecule has 1 aromatic heterocycles. The summed E-state index contributed by atoms with van der Waals surface area (Å²) in [7, 11) is 0. The predicted molar refractivity (Wildman–Crippen MR) is 52.7 cm³/mol. The van der Waals surface area contributed by atoms with Crippen molar-refractivity contribution in [3.05, 3.63) is 21.6 Å². The lowest BCUT2D eigenvalue weighted by Gasteiger charge is -2.01. The van der Waals surface area contributed by atoms with Gasteiger partial charge in [-0.05, 0) is 13.8 Å². The summed E-state index contributed by atoms with van der Waals surface area (Å²) in [6, 6.07) is 0. The van der Waals surface area contributed by atoms with Crippen LogP contribution in [0, 0.1) is 13.8 Å². The maximum absolute atomic E-state index is 11.2. The molecule has 0 aliphatic rings. The maximum Gasteiger partial charge on any atom is 0.313 e. The van der Waals surface area contributed by atoms with Crippen molar-refractivity contribution in [3.8, 4) is 0 Å². The molecule has 0 saturated heterocycles. The lowest BCUT2D eigenvalue weighted by atomic mass is 10.3. The highest BCUT2D eigenvalue weighted by Gasteiger charge is 2.05. The molecule has 76 valence electrons. The number of aromatic amines is 1. The number of thioether (sulfide) groups is 1. The molecule has 0 fully saturated rings. The third-order valence-corrected chi connectivity index (χ3v) is 2.56. The summed E-state index contributed by atoms with van der Waals surface area (Å²) in [6.07, 6.45) is 0. The zero-order chi connectivity index (χ0) is 10.7. The molecule has 6 heteroatoms. The number of hydrogen-bond acceptors (Lipinski definition) is 4. The van der Waals surface area contributed by atoms with Gasteiger partial charge in [-0.1, -0.05) is 11.8 Å². The van der Waals surface area contributed by atoms with E-state index >= 15 is 0 Å². The Morgan fingerprint density at radius 1 is 1.57 bits per heavy atom. The quantitative estimate of drug-likeness (QED) is 0.567. The van der Waals surface area contributed by atoms with Crippen molar-refractivity contribution in [1.82, 2.24) is 9.97 Å². The van der Waals surface area contributed by atoms with E-state index in [2.05, 4.69) is 9.97 Å². The topological polar surface area (TPSA) is 83.0 Å². The molecule has 0 saturated carbocycles. The summed E-state index contributed by atoms with van der Waals surface area (Å²) < 4.78 is 0. The van der Waals surface area contributed by atoms with Gasteiger partial charge in [0.25, 0.3) is 5.56 Å². The van der Waals surface area contributed by atoms with Crippen molar-refractivity contribution in [2.24, 2.45) is 0 Å². The number of hydrogen-bond donors (Lipinski definition) is 2. The molecule has 0 aliphatic heterocycles. The van der Waals surface area contributed by atoms with E-state index in [-0.39, 0.29) is 11.3 Å². The molecule has 1 aromatic rings. The van der Waals surface area contributed by atoms with Gasteiger partial charge < -0.3 is 10.1 Å². The number of rotatable bonds is 3. The highest BCUT2D eigenvalue weighted by molar-refractivity contribution is 7.99. The third kappa shape index (κ3) is 2.59. The van der Waals surface area contributed by atoms with Gasteiger partial charge in [-0.15, -0.1) is 0 Å². The number of carbonyl (C=O) groups is 1. The standard InChI is InChI=1S/C8H10N2O3S/c1-4-5(2)9-8(10-7(4)13)14-3-6(11)12/h3H2,1-2H3,(H,11,12)(H,9,10,13). The van der Waals surface area contributed by atoms with Crippen molar-refractivity contribution in [3.63, 3.8) is 0 Å². The van der Waals surface area contributed by atoms with Gasteiger partial charge in [0.2, 0.25) is 0 Å². The summed E-state index contributed by atoms with van der Waals surface area (Å²) in [5.41, 5.74) is 0.969. The van der Waals surface area contributed by atoms with Crippen LogP contribution in [0.25, 0.3) is 0 Å². The molecular weight excluding hydrogens is 204 g/mol. The van der Waals surface area contributed by atoms with E-state index in [9.17, 15) is 9.59 Å². The summed E-state index contributed by atoms with van der Waals surface area (Å²) in [4.78, 5) is 28.1. The summed E-state index contributed by atoms with van der Waals surface area (Å²) in [5.74, 6) is -1.04. The highest BCUT2D eigenvalue weighted by Crippen LogP contribution is 2.11. The monoisotopic (exact) mass is 214 g/mol. The fraction of sp³-hybridized carbons (Fsp3) is 0.375. The molecule has 0 bridgehead atoms. The Morgan fingerprint density at radius 2 is 2.21 bits per heavy atom. The van der Waals surface area contributed by atoms with E-state index in [1.165, 1.54) is 0 Å². The Bertz CT molecular complexity index is 414. The Balaban J connectivity index is 2.90. The van der Waals surface area contributed by atoms with Gasteiger partial charge in [0.15, 0.2) is 5.16 Å². The van der Waals surface area contributed by atoms with Crippen molar-refractivity contribution < 1.29 is 9.90 Å². The van der Waals surface area contributed by atoms with E-state index in [1.807, 2.05) is 0 Å². The first-order chi connectivity index (χ1) is 6.50. The normalized spacial score (nSPS) is 10.1. The molecule has 1 rings (SSSR count). The molecular formula is C8H10N2O3S. The lowest BCUT2D eigenvalue weighted by Crippen LogP contribution is -2.14. The highest BCUT2D eigenvalue weighted by atomic mass is 32.2. The first kappa shape index (κ1) is 10.8. The van der Waals surface area contributed by atoms with Crippen LogP contribution in [0.15, 0.2) is 9.95 Å². The van der Waals surface area contributed by atoms with Crippen molar-refractivity contribution in [2.45, 2.75) is 19.0 Å². The van der Waals surface area contributed by atoms with Gasteiger partial charge in [0, 0.05) is 11.3 Å². The van der Waals surface area contributed by atoms with E-state index < -0.39 is 5.97 Å². The van der Waals surface area contributed by atoms with Crippen LogP contribution in [-0.2, 0) is 4.79 Å². The number of aromatic nitrogens is 2. The first-order valence-electron chi connectivity index (χ1n) is 3.93. The van der Waals surface area contributed by atoms with Gasteiger partial charge >= 0.3 is 5.97 Å². The van der Waals surface area contributed by atoms with E-state index in [4.69, 9.17) is 5.11 Å². The van der Waals surface area contributed by atoms with Gasteiger partial charge in [0.1, 0.15) is 0 Å². The predicted octanol–water partition coefficient (Wildman–Crippen LogP) is 0.563. The average Bonchev–Trinajstić information content (AvgIpc) is 2.10. The third-order valence-electron chi connectivity index (χ3n) is 1.71. The van der Waals surface area contributed by atoms with Crippen LogP contribution in [-0.4, -0.2) is 26.8 Å². The zero-order valence-corrected chi connectivity index (χ0v) is 8.64. The van der Waals surface area contributed by atoms with Crippen LogP contribution in [0.5, 0.6) is 0 Å². The Labute approximate surface area is 84.6 Å². The van der Waals surface area contributed by atoms with Crippen molar-refractivity contribution in [1.29, 1.82) is 0 Å². The van der Waals surface area contributed by atoms with Crippen LogP contribution >= 0.6 is 11.8 Å². The molecule has 0 amide bonds. The maximum atomic E-state index is 11.2. The first-order valence-corrected chi connectivity index (χ1v) is 4.91. The van der Waals surface area contributed by atoms with Crippen LogP contribution in [0.4, 0.5) is 0 Å². The van der Waals surface area contributed by atoms with E-state index in [1.54, 1.807) is 13.8 Å². The molecule has 5 nitrogen and oxygen atoms in total. The molecule has 0 aromatic carbocycles. The SMILES string of the molecule is Cc1nc(SCC(=O)O)[nH]c(=O)c1C. The van der Waals surface area contributed by atoms with E-state index in [0.29, 0.717) is 16.4 Å². The van der Waals surface area contributed by atoms with Crippen LogP contribution < -0.4 is 5.56 Å². The van der Waals surface area contributed by atoms with Gasteiger partial charge in [-0.3, -0.25) is 9.59 Å². The summed E-state index contributed by atoms with van der Waals surface area (Å²) >= 11 is 0.999. The van der Waals surface area contributed by atoms with Gasteiger partial charge in [-0.25, -0.2) is 4.98 Å². The molecule has 14 heavy (non-hydrogen) atoms. The van der Waals surface area contributed by atoms with Crippen LogP contribution in [0.3, 0.4) is 0 Å². The van der Waals surface area contributed by atoms with Crippen molar-refractivity contribution >= 4 is 17.7 Å².